The summed E-state index contributed by atoms with van der Waals surface area (Å²) in [6.45, 7) is 6.23. The van der Waals surface area contributed by atoms with Gasteiger partial charge in [-0.3, -0.25) is 4.90 Å². The highest BCUT2D eigenvalue weighted by Crippen LogP contribution is 2.28. The first-order chi connectivity index (χ1) is 14.0. The van der Waals surface area contributed by atoms with Crippen molar-refractivity contribution in [1.82, 2.24) is 9.21 Å². The van der Waals surface area contributed by atoms with Crippen molar-refractivity contribution in [3.63, 3.8) is 0 Å². The number of benzene rings is 2. The quantitative estimate of drug-likeness (QED) is 0.693. The summed E-state index contributed by atoms with van der Waals surface area (Å²) in [5.74, 6) is 1.48. The summed E-state index contributed by atoms with van der Waals surface area (Å²) >= 11 is 0. The molecule has 0 unspecified atom stereocenters. The zero-order chi connectivity index (χ0) is 20.4. The minimum absolute atomic E-state index is 0. The van der Waals surface area contributed by atoms with Gasteiger partial charge in [0, 0.05) is 32.7 Å². The second-order valence-electron chi connectivity index (χ2n) is 8.28. The molecule has 0 radical (unpaired) electrons. The lowest BCUT2D eigenvalue weighted by Crippen LogP contribution is -2.42. The van der Waals surface area contributed by atoms with Gasteiger partial charge in [-0.25, -0.2) is 8.42 Å². The van der Waals surface area contributed by atoms with Gasteiger partial charge in [-0.2, -0.15) is 4.31 Å². The first kappa shape index (κ1) is 23.1. The number of ether oxygens (including phenoxy) is 1. The van der Waals surface area contributed by atoms with Gasteiger partial charge >= 0.3 is 0 Å². The first-order valence-corrected chi connectivity index (χ1v) is 11.8. The van der Waals surface area contributed by atoms with Crippen molar-refractivity contribution in [2.75, 3.05) is 33.3 Å². The Morgan fingerprint density at radius 1 is 1.03 bits per heavy atom. The second kappa shape index (κ2) is 9.69. The van der Waals surface area contributed by atoms with E-state index in [9.17, 15) is 8.42 Å². The number of hydrogen-bond acceptors (Lipinski definition) is 4. The maximum atomic E-state index is 12.9. The fourth-order valence-electron chi connectivity index (χ4n) is 4.49. The molecule has 2 aliphatic heterocycles. The molecule has 0 amide bonds. The molecule has 5 nitrogen and oxygen atoms in total. The van der Waals surface area contributed by atoms with Gasteiger partial charge in [0.1, 0.15) is 5.75 Å². The summed E-state index contributed by atoms with van der Waals surface area (Å²) in [6.07, 6.45) is 2.90. The molecule has 7 heteroatoms. The zero-order valence-electron chi connectivity index (χ0n) is 17.7. The molecular weight excluding hydrogens is 420 g/mol. The Labute approximate surface area is 186 Å². The van der Waals surface area contributed by atoms with Crippen LogP contribution in [0.1, 0.15) is 29.5 Å². The maximum Gasteiger partial charge on any atom is 0.243 e. The lowest BCUT2D eigenvalue weighted by Gasteiger charge is -2.36. The number of hydrogen-bond donors (Lipinski definition) is 0. The van der Waals surface area contributed by atoms with Crippen LogP contribution in [0.4, 0.5) is 0 Å². The number of sulfonamides is 1. The molecule has 0 aliphatic carbocycles. The highest BCUT2D eigenvalue weighted by atomic mass is 35.5. The topological polar surface area (TPSA) is 49.9 Å². The highest BCUT2D eigenvalue weighted by molar-refractivity contribution is 7.89. The number of aryl methyl sites for hydroxylation is 1. The van der Waals surface area contributed by atoms with E-state index in [-0.39, 0.29) is 12.4 Å². The Balaban J connectivity index is 0.00000256. The van der Waals surface area contributed by atoms with E-state index >= 15 is 0 Å². The molecule has 30 heavy (non-hydrogen) atoms. The molecule has 0 bridgehead atoms. The van der Waals surface area contributed by atoms with E-state index in [1.165, 1.54) is 11.1 Å². The molecule has 0 spiro atoms. The molecule has 4 rings (SSSR count). The van der Waals surface area contributed by atoms with E-state index in [2.05, 4.69) is 17.0 Å². The molecule has 164 valence electrons. The number of methoxy groups -OCH3 is 1. The Hall–Kier alpha value is -1.60. The number of halogens is 1. The van der Waals surface area contributed by atoms with Gasteiger partial charge in [0.15, 0.2) is 0 Å². The van der Waals surface area contributed by atoms with Crippen LogP contribution in [-0.4, -0.2) is 50.9 Å². The van der Waals surface area contributed by atoms with Crippen LogP contribution in [0, 0.1) is 12.8 Å². The van der Waals surface area contributed by atoms with Gasteiger partial charge in [0.2, 0.25) is 10.0 Å². The van der Waals surface area contributed by atoms with Crippen LogP contribution in [-0.2, 0) is 23.0 Å². The zero-order valence-corrected chi connectivity index (χ0v) is 19.3. The van der Waals surface area contributed by atoms with Crippen molar-refractivity contribution in [3.05, 3.63) is 59.2 Å². The van der Waals surface area contributed by atoms with E-state index in [0.29, 0.717) is 23.9 Å². The SMILES string of the molecule is COc1ccc2c(c1)CCN(CC1CCN(S(=O)(=O)c3cccc(C)c3)CC1)C2.Cl. The summed E-state index contributed by atoms with van der Waals surface area (Å²) in [4.78, 5) is 2.93. The Kier molecular flexibility index (Phi) is 7.45. The van der Waals surface area contributed by atoms with Crippen molar-refractivity contribution in [1.29, 1.82) is 0 Å². The molecule has 2 heterocycles. The van der Waals surface area contributed by atoms with Gasteiger partial charge in [0.25, 0.3) is 0 Å². The molecule has 0 atom stereocenters. The fourth-order valence-corrected chi connectivity index (χ4v) is 6.07. The molecule has 2 aromatic carbocycles. The lowest BCUT2D eigenvalue weighted by atomic mass is 9.94. The predicted octanol–water partition coefficient (Wildman–Crippen LogP) is 3.88. The average molecular weight is 451 g/mol. The van der Waals surface area contributed by atoms with Gasteiger partial charge < -0.3 is 4.74 Å². The lowest BCUT2D eigenvalue weighted by molar-refractivity contribution is 0.171. The predicted molar refractivity (Wildman–Crippen MR) is 122 cm³/mol. The van der Waals surface area contributed by atoms with Crippen LogP contribution < -0.4 is 4.74 Å². The van der Waals surface area contributed by atoms with E-state index in [0.717, 1.165) is 50.2 Å². The van der Waals surface area contributed by atoms with Gasteiger partial charge in [-0.1, -0.05) is 18.2 Å². The van der Waals surface area contributed by atoms with Crippen molar-refractivity contribution in [2.45, 2.75) is 37.6 Å². The highest BCUT2D eigenvalue weighted by Gasteiger charge is 2.30. The summed E-state index contributed by atoms with van der Waals surface area (Å²) in [5.41, 5.74) is 3.75. The number of fused-ring (bicyclic) bond motifs is 1. The molecule has 0 N–H and O–H groups in total. The van der Waals surface area contributed by atoms with E-state index in [1.807, 2.05) is 25.1 Å². The van der Waals surface area contributed by atoms with Crippen molar-refractivity contribution >= 4 is 22.4 Å². The smallest absolute Gasteiger partial charge is 0.243 e. The number of nitrogens with zero attached hydrogens (tertiary/aromatic N) is 2. The Morgan fingerprint density at radius 3 is 2.50 bits per heavy atom. The van der Waals surface area contributed by atoms with E-state index < -0.39 is 10.0 Å². The molecule has 2 aliphatic rings. The first-order valence-electron chi connectivity index (χ1n) is 10.4. The molecule has 0 aromatic heterocycles. The van der Waals surface area contributed by atoms with E-state index in [1.54, 1.807) is 23.5 Å². The average Bonchev–Trinajstić information content (AvgIpc) is 2.74. The van der Waals surface area contributed by atoms with Crippen LogP contribution in [0.5, 0.6) is 5.75 Å². The van der Waals surface area contributed by atoms with E-state index in [4.69, 9.17) is 4.74 Å². The molecule has 1 fully saturated rings. The Morgan fingerprint density at radius 2 is 1.80 bits per heavy atom. The standard InChI is InChI=1S/C23H30N2O3S.ClH/c1-18-4-3-5-23(14-18)29(26,27)25-12-8-19(9-13-25)16-24-11-10-20-15-22(28-2)7-6-21(20)17-24;/h3-7,14-15,19H,8-13,16-17H2,1-2H3;1H. The van der Waals surface area contributed by atoms with Crippen LogP contribution >= 0.6 is 12.4 Å². The second-order valence-corrected chi connectivity index (χ2v) is 10.2. The molecule has 0 saturated carbocycles. The number of piperidine rings is 1. The third-order valence-electron chi connectivity index (χ3n) is 6.22. The van der Waals surface area contributed by atoms with Crippen LogP contribution in [0.25, 0.3) is 0 Å². The minimum atomic E-state index is -3.38. The molecule has 2 aromatic rings. The fraction of sp³-hybridized carbons (Fsp3) is 0.478. The summed E-state index contributed by atoms with van der Waals surface area (Å²) in [5, 5.41) is 0. The molecular formula is C23H31ClN2O3S. The largest absolute Gasteiger partial charge is 0.497 e. The van der Waals surface area contributed by atoms with Crippen LogP contribution in [0.2, 0.25) is 0 Å². The summed E-state index contributed by atoms with van der Waals surface area (Å²) in [7, 11) is -1.67. The minimum Gasteiger partial charge on any atom is -0.497 e. The third-order valence-corrected chi connectivity index (χ3v) is 8.12. The molecule has 1 saturated heterocycles. The van der Waals surface area contributed by atoms with Crippen molar-refractivity contribution in [2.24, 2.45) is 5.92 Å². The third kappa shape index (κ3) is 4.99. The Bertz CT molecular complexity index is 972. The monoisotopic (exact) mass is 450 g/mol. The normalized spacial score (nSPS) is 18.5. The van der Waals surface area contributed by atoms with Crippen LogP contribution in [0.15, 0.2) is 47.4 Å². The maximum absolute atomic E-state index is 12.9. The summed E-state index contributed by atoms with van der Waals surface area (Å²) in [6, 6.07) is 13.6. The summed E-state index contributed by atoms with van der Waals surface area (Å²) < 4.78 is 32.9. The van der Waals surface area contributed by atoms with Gasteiger partial charge in [-0.15, -0.1) is 12.4 Å². The van der Waals surface area contributed by atoms with Gasteiger partial charge in [0.05, 0.1) is 12.0 Å². The van der Waals surface area contributed by atoms with Gasteiger partial charge in [-0.05, 0) is 73.1 Å². The number of rotatable bonds is 5. The van der Waals surface area contributed by atoms with Crippen LogP contribution in [0.3, 0.4) is 0 Å². The van der Waals surface area contributed by atoms with Crippen molar-refractivity contribution in [3.8, 4) is 5.75 Å². The van der Waals surface area contributed by atoms with Crippen molar-refractivity contribution < 1.29 is 13.2 Å².